The van der Waals surface area contributed by atoms with E-state index < -0.39 is 0 Å². The number of nitrogens with zero attached hydrogens (tertiary/aromatic N) is 1. The molecule has 96 valence electrons. The van der Waals surface area contributed by atoms with Gasteiger partial charge >= 0.3 is 0 Å². The van der Waals surface area contributed by atoms with Gasteiger partial charge in [0.1, 0.15) is 0 Å². The van der Waals surface area contributed by atoms with Gasteiger partial charge in [0.2, 0.25) is 5.91 Å². The van der Waals surface area contributed by atoms with Crippen molar-refractivity contribution >= 4 is 18.3 Å². The number of amides is 1. The Hall–Kier alpha value is -0.280. The van der Waals surface area contributed by atoms with Gasteiger partial charge in [0.05, 0.1) is 0 Å². The molecule has 0 radical (unpaired) electrons. The number of rotatable bonds is 3. The van der Waals surface area contributed by atoms with Crippen LogP contribution in [0.15, 0.2) is 0 Å². The van der Waals surface area contributed by atoms with Gasteiger partial charge in [0, 0.05) is 26.1 Å². The highest BCUT2D eigenvalue weighted by atomic mass is 35.5. The lowest BCUT2D eigenvalue weighted by molar-refractivity contribution is -0.132. The third kappa shape index (κ3) is 5.17. The monoisotopic (exact) mass is 248 g/mol. The van der Waals surface area contributed by atoms with Crippen LogP contribution < -0.4 is 5.32 Å². The Morgan fingerprint density at radius 3 is 2.56 bits per heavy atom. The third-order valence-corrected chi connectivity index (χ3v) is 3.33. The Balaban J connectivity index is 0.00000225. The molecule has 1 rings (SSSR count). The predicted molar refractivity (Wildman–Crippen MR) is 69.9 cm³/mol. The summed E-state index contributed by atoms with van der Waals surface area (Å²) in [7, 11) is 0. The van der Waals surface area contributed by atoms with Crippen molar-refractivity contribution in [2.45, 2.75) is 33.6 Å². The van der Waals surface area contributed by atoms with E-state index in [0.717, 1.165) is 32.6 Å². The predicted octanol–water partition coefficient (Wildman–Crippen LogP) is 1.91. The quantitative estimate of drug-likeness (QED) is 0.828. The summed E-state index contributed by atoms with van der Waals surface area (Å²) >= 11 is 0. The molecule has 0 aliphatic carbocycles. The van der Waals surface area contributed by atoms with Crippen LogP contribution in [0.5, 0.6) is 0 Å². The molecule has 1 fully saturated rings. The number of carbonyl (C=O) groups excluding carboxylic acids is 1. The van der Waals surface area contributed by atoms with Crippen LogP contribution in [-0.2, 0) is 4.79 Å². The van der Waals surface area contributed by atoms with E-state index in [0.29, 0.717) is 24.2 Å². The van der Waals surface area contributed by atoms with Gasteiger partial charge in [-0.1, -0.05) is 20.8 Å². The molecule has 0 aromatic heterocycles. The van der Waals surface area contributed by atoms with Crippen molar-refractivity contribution in [2.75, 3.05) is 26.2 Å². The zero-order valence-corrected chi connectivity index (χ0v) is 11.5. The number of halogens is 1. The van der Waals surface area contributed by atoms with Gasteiger partial charge in [-0.3, -0.25) is 4.79 Å². The maximum absolute atomic E-state index is 12.0. The number of carbonyl (C=O) groups is 1. The lowest BCUT2D eigenvalue weighted by atomic mass is 9.94. The molecule has 0 saturated carbocycles. The topological polar surface area (TPSA) is 32.3 Å². The van der Waals surface area contributed by atoms with Gasteiger partial charge in [-0.2, -0.15) is 0 Å². The third-order valence-electron chi connectivity index (χ3n) is 3.33. The number of hydrogen-bond donors (Lipinski definition) is 1. The van der Waals surface area contributed by atoms with Crippen molar-refractivity contribution < 1.29 is 4.79 Å². The van der Waals surface area contributed by atoms with E-state index in [-0.39, 0.29) is 12.4 Å². The molecule has 3 nitrogen and oxygen atoms in total. The molecule has 1 amide bonds. The van der Waals surface area contributed by atoms with Crippen LogP contribution in [0, 0.1) is 11.8 Å². The lowest BCUT2D eigenvalue weighted by Crippen LogP contribution is -2.35. The van der Waals surface area contributed by atoms with Crippen LogP contribution in [0.3, 0.4) is 0 Å². The van der Waals surface area contributed by atoms with E-state index in [9.17, 15) is 4.79 Å². The summed E-state index contributed by atoms with van der Waals surface area (Å²) in [5, 5.41) is 3.31. The Morgan fingerprint density at radius 2 is 1.94 bits per heavy atom. The zero-order chi connectivity index (χ0) is 11.3. The lowest BCUT2D eigenvalue weighted by Gasteiger charge is -2.23. The molecule has 1 heterocycles. The van der Waals surface area contributed by atoms with E-state index in [1.807, 2.05) is 4.90 Å². The van der Waals surface area contributed by atoms with E-state index in [1.165, 1.54) is 0 Å². The smallest absolute Gasteiger partial charge is 0.222 e. The van der Waals surface area contributed by atoms with Gasteiger partial charge in [-0.25, -0.2) is 0 Å². The van der Waals surface area contributed by atoms with Gasteiger partial charge in [0.15, 0.2) is 0 Å². The summed E-state index contributed by atoms with van der Waals surface area (Å²) in [5.74, 6) is 1.42. The Labute approximate surface area is 105 Å². The molecule has 16 heavy (non-hydrogen) atoms. The minimum atomic E-state index is 0. The molecule has 0 bridgehead atoms. The first-order valence-electron chi connectivity index (χ1n) is 6.09. The molecule has 1 aliphatic heterocycles. The average molecular weight is 249 g/mol. The fourth-order valence-corrected chi connectivity index (χ4v) is 1.74. The summed E-state index contributed by atoms with van der Waals surface area (Å²) in [4.78, 5) is 14.0. The average Bonchev–Trinajstić information content (AvgIpc) is 2.45. The zero-order valence-electron chi connectivity index (χ0n) is 10.7. The van der Waals surface area contributed by atoms with Crippen LogP contribution in [-0.4, -0.2) is 37.0 Å². The second-order valence-corrected chi connectivity index (χ2v) is 4.91. The fourth-order valence-electron chi connectivity index (χ4n) is 1.74. The summed E-state index contributed by atoms with van der Waals surface area (Å²) < 4.78 is 0. The minimum Gasteiger partial charge on any atom is -0.341 e. The van der Waals surface area contributed by atoms with Crippen molar-refractivity contribution in [1.82, 2.24) is 10.2 Å². The van der Waals surface area contributed by atoms with Gasteiger partial charge in [-0.05, 0) is 24.8 Å². The molecule has 4 heteroatoms. The molecule has 1 atom stereocenters. The van der Waals surface area contributed by atoms with E-state index in [4.69, 9.17) is 0 Å². The first-order chi connectivity index (χ1) is 7.11. The number of nitrogens with one attached hydrogen (secondary N) is 1. The Kier molecular flexibility index (Phi) is 7.77. The van der Waals surface area contributed by atoms with Crippen molar-refractivity contribution in [3.05, 3.63) is 0 Å². The van der Waals surface area contributed by atoms with Crippen molar-refractivity contribution in [3.63, 3.8) is 0 Å². The van der Waals surface area contributed by atoms with Crippen LogP contribution >= 0.6 is 12.4 Å². The molecule has 0 spiro atoms. The Morgan fingerprint density at radius 1 is 1.25 bits per heavy atom. The van der Waals surface area contributed by atoms with Gasteiger partial charge in [-0.15, -0.1) is 12.4 Å². The maximum Gasteiger partial charge on any atom is 0.222 e. The summed E-state index contributed by atoms with van der Waals surface area (Å²) in [6.45, 7) is 10.3. The number of hydrogen-bond acceptors (Lipinski definition) is 2. The van der Waals surface area contributed by atoms with Gasteiger partial charge < -0.3 is 10.2 Å². The minimum absolute atomic E-state index is 0. The fraction of sp³-hybridized carbons (Fsp3) is 0.917. The molecule has 1 unspecified atom stereocenters. The second-order valence-electron chi connectivity index (χ2n) is 4.91. The van der Waals surface area contributed by atoms with Crippen LogP contribution in [0.25, 0.3) is 0 Å². The van der Waals surface area contributed by atoms with Crippen LogP contribution in [0.2, 0.25) is 0 Å². The van der Waals surface area contributed by atoms with Crippen LogP contribution in [0.4, 0.5) is 0 Å². The van der Waals surface area contributed by atoms with Gasteiger partial charge in [0.25, 0.3) is 0 Å². The maximum atomic E-state index is 12.0. The van der Waals surface area contributed by atoms with E-state index in [2.05, 4.69) is 26.1 Å². The molecule has 0 aromatic rings. The summed E-state index contributed by atoms with van der Waals surface area (Å²) in [6.07, 6.45) is 1.79. The van der Waals surface area contributed by atoms with E-state index >= 15 is 0 Å². The van der Waals surface area contributed by atoms with Crippen molar-refractivity contribution in [3.8, 4) is 0 Å². The highest BCUT2D eigenvalue weighted by molar-refractivity contribution is 5.85. The molecule has 1 aliphatic rings. The first-order valence-corrected chi connectivity index (χ1v) is 6.09. The Bertz CT molecular complexity index is 201. The van der Waals surface area contributed by atoms with Crippen molar-refractivity contribution in [1.29, 1.82) is 0 Å². The summed E-state index contributed by atoms with van der Waals surface area (Å²) in [5.41, 5.74) is 0. The largest absolute Gasteiger partial charge is 0.341 e. The SMILES string of the molecule is CC(C)C(C)CC(=O)N1CCCNCC1.Cl. The highest BCUT2D eigenvalue weighted by Gasteiger charge is 2.18. The standard InChI is InChI=1S/C12H24N2O.ClH/c1-10(2)11(3)9-12(15)14-7-4-5-13-6-8-14;/h10-11,13H,4-9H2,1-3H3;1H. The van der Waals surface area contributed by atoms with Crippen molar-refractivity contribution in [2.24, 2.45) is 11.8 Å². The molecule has 1 N–H and O–H groups in total. The molecular weight excluding hydrogens is 224 g/mol. The molecule has 0 aromatic carbocycles. The van der Waals surface area contributed by atoms with E-state index in [1.54, 1.807) is 0 Å². The molecule has 1 saturated heterocycles. The normalized spacial score (nSPS) is 18.9. The summed E-state index contributed by atoms with van der Waals surface area (Å²) in [6, 6.07) is 0. The van der Waals surface area contributed by atoms with Crippen LogP contribution in [0.1, 0.15) is 33.6 Å². The second kappa shape index (κ2) is 7.91. The molecular formula is C12H25ClN2O. The first kappa shape index (κ1) is 15.7. The highest BCUT2D eigenvalue weighted by Crippen LogP contribution is 2.15.